The Morgan fingerprint density at radius 2 is 2.11 bits per heavy atom. The highest BCUT2D eigenvalue weighted by atomic mass is 16.5. The molecule has 5 nitrogen and oxygen atoms in total. The van der Waals surface area contributed by atoms with E-state index < -0.39 is 5.91 Å². The summed E-state index contributed by atoms with van der Waals surface area (Å²) in [6.45, 7) is 3.91. The van der Waals surface area contributed by atoms with Crippen LogP contribution in [-0.2, 0) is 4.79 Å². The molecule has 0 saturated heterocycles. The number of carbonyl (C=O) groups excluding carboxylic acids is 2. The Bertz CT molecular complexity index is 444. The Labute approximate surface area is 106 Å². The van der Waals surface area contributed by atoms with E-state index in [1.807, 2.05) is 0 Å². The van der Waals surface area contributed by atoms with Crippen LogP contribution in [0.5, 0.6) is 5.75 Å². The van der Waals surface area contributed by atoms with Gasteiger partial charge in [0.1, 0.15) is 5.75 Å². The molecule has 0 heterocycles. The van der Waals surface area contributed by atoms with Gasteiger partial charge in [-0.1, -0.05) is 18.2 Å². The first kappa shape index (κ1) is 13.8. The Morgan fingerprint density at radius 1 is 1.39 bits per heavy atom. The summed E-state index contributed by atoms with van der Waals surface area (Å²) < 4.78 is 5.25. The van der Waals surface area contributed by atoms with Gasteiger partial charge in [-0.15, -0.1) is 6.58 Å². The molecular weight excluding hydrogens is 232 g/mol. The first-order valence-corrected chi connectivity index (χ1v) is 5.54. The molecule has 96 valence electrons. The first-order chi connectivity index (χ1) is 8.65. The number of nitrogens with two attached hydrogens (primary N) is 1. The normalized spacial score (nSPS) is 9.56. The van der Waals surface area contributed by atoms with Gasteiger partial charge in [-0.3, -0.25) is 9.59 Å². The summed E-state index contributed by atoms with van der Waals surface area (Å²) in [4.78, 5) is 22.5. The summed E-state index contributed by atoms with van der Waals surface area (Å²) in [5.41, 5.74) is 5.45. The highest BCUT2D eigenvalue weighted by Crippen LogP contribution is 2.16. The predicted octanol–water partition coefficient (Wildman–Crippen LogP) is 0.857. The average molecular weight is 248 g/mol. The van der Waals surface area contributed by atoms with Crippen LogP contribution in [0.1, 0.15) is 16.8 Å². The van der Waals surface area contributed by atoms with Gasteiger partial charge in [0.2, 0.25) is 0 Å². The lowest BCUT2D eigenvalue weighted by atomic mass is 10.2. The standard InChI is InChI=1S/C13H16N2O3/c1-2-3-8-15-12(16)9-18-11-7-5-4-6-10(11)13(14)17/h2,4-7H,1,3,8-9H2,(H2,14,17)(H,15,16). The topological polar surface area (TPSA) is 81.4 Å². The lowest BCUT2D eigenvalue weighted by Crippen LogP contribution is -2.29. The number of primary amides is 1. The summed E-state index contributed by atoms with van der Waals surface area (Å²) in [6, 6.07) is 6.53. The molecule has 0 spiro atoms. The molecule has 0 unspecified atom stereocenters. The smallest absolute Gasteiger partial charge is 0.257 e. The molecule has 1 rings (SSSR count). The van der Waals surface area contributed by atoms with Crippen LogP contribution < -0.4 is 15.8 Å². The van der Waals surface area contributed by atoms with Gasteiger partial charge in [0.15, 0.2) is 6.61 Å². The van der Waals surface area contributed by atoms with E-state index in [1.165, 1.54) is 0 Å². The zero-order valence-corrected chi connectivity index (χ0v) is 10.0. The third kappa shape index (κ3) is 4.29. The second-order valence-electron chi connectivity index (χ2n) is 3.58. The number of rotatable bonds is 7. The SMILES string of the molecule is C=CCCNC(=O)COc1ccccc1C(N)=O. The van der Waals surface area contributed by atoms with Gasteiger partial charge in [-0.2, -0.15) is 0 Å². The van der Waals surface area contributed by atoms with Crippen LogP contribution in [0.3, 0.4) is 0 Å². The minimum atomic E-state index is -0.585. The lowest BCUT2D eigenvalue weighted by molar-refractivity contribution is -0.123. The van der Waals surface area contributed by atoms with Gasteiger partial charge in [-0.05, 0) is 18.6 Å². The molecular formula is C13H16N2O3. The molecule has 0 aliphatic carbocycles. The number of carbonyl (C=O) groups is 2. The molecule has 18 heavy (non-hydrogen) atoms. The molecule has 3 N–H and O–H groups in total. The molecule has 0 bridgehead atoms. The monoisotopic (exact) mass is 248 g/mol. The average Bonchev–Trinajstić information content (AvgIpc) is 2.37. The van der Waals surface area contributed by atoms with E-state index in [1.54, 1.807) is 30.3 Å². The number of hydrogen-bond donors (Lipinski definition) is 2. The molecule has 0 aliphatic heterocycles. The molecule has 0 aromatic heterocycles. The van der Waals surface area contributed by atoms with Crippen molar-refractivity contribution in [3.8, 4) is 5.75 Å². The number of nitrogens with one attached hydrogen (secondary N) is 1. The molecule has 2 amide bonds. The number of para-hydroxylation sites is 1. The first-order valence-electron chi connectivity index (χ1n) is 5.54. The van der Waals surface area contributed by atoms with Crippen LogP contribution in [0.4, 0.5) is 0 Å². The fourth-order valence-corrected chi connectivity index (χ4v) is 1.30. The minimum absolute atomic E-state index is 0.151. The van der Waals surface area contributed by atoms with Crippen LogP contribution >= 0.6 is 0 Å². The van der Waals surface area contributed by atoms with E-state index in [0.717, 1.165) is 0 Å². The van der Waals surface area contributed by atoms with Crippen molar-refractivity contribution in [3.63, 3.8) is 0 Å². The lowest BCUT2D eigenvalue weighted by Gasteiger charge is -2.09. The number of ether oxygens (including phenoxy) is 1. The van der Waals surface area contributed by atoms with Gasteiger partial charge in [-0.25, -0.2) is 0 Å². The third-order valence-corrected chi connectivity index (χ3v) is 2.18. The molecule has 5 heteroatoms. The second-order valence-corrected chi connectivity index (χ2v) is 3.58. The van der Waals surface area contributed by atoms with Crippen molar-refractivity contribution in [1.29, 1.82) is 0 Å². The van der Waals surface area contributed by atoms with E-state index in [0.29, 0.717) is 18.7 Å². The van der Waals surface area contributed by atoms with Crippen molar-refractivity contribution in [2.75, 3.05) is 13.2 Å². The Kier molecular flexibility index (Phi) is 5.44. The Morgan fingerprint density at radius 3 is 2.78 bits per heavy atom. The molecule has 0 atom stereocenters. The van der Waals surface area contributed by atoms with Crippen molar-refractivity contribution >= 4 is 11.8 Å². The van der Waals surface area contributed by atoms with E-state index >= 15 is 0 Å². The summed E-state index contributed by atoms with van der Waals surface area (Å²) >= 11 is 0. The molecule has 0 aliphatic rings. The predicted molar refractivity (Wildman–Crippen MR) is 68.3 cm³/mol. The number of amides is 2. The van der Waals surface area contributed by atoms with Gasteiger partial charge in [0.05, 0.1) is 5.56 Å². The van der Waals surface area contributed by atoms with Crippen LogP contribution in [0, 0.1) is 0 Å². The van der Waals surface area contributed by atoms with Crippen LogP contribution in [0.25, 0.3) is 0 Å². The molecule has 1 aromatic carbocycles. The van der Waals surface area contributed by atoms with Gasteiger partial charge >= 0.3 is 0 Å². The highest BCUT2D eigenvalue weighted by molar-refractivity contribution is 5.95. The Balaban J connectivity index is 2.50. The van der Waals surface area contributed by atoms with Crippen molar-refractivity contribution in [1.82, 2.24) is 5.32 Å². The molecule has 0 saturated carbocycles. The van der Waals surface area contributed by atoms with Crippen LogP contribution in [0.2, 0.25) is 0 Å². The number of hydrogen-bond acceptors (Lipinski definition) is 3. The molecule has 1 aromatic rings. The van der Waals surface area contributed by atoms with Crippen molar-refractivity contribution in [3.05, 3.63) is 42.5 Å². The maximum absolute atomic E-state index is 11.4. The zero-order valence-electron chi connectivity index (χ0n) is 10.0. The quantitative estimate of drug-likeness (QED) is 0.554. The minimum Gasteiger partial charge on any atom is -0.483 e. The Hall–Kier alpha value is -2.30. The van der Waals surface area contributed by atoms with Gasteiger partial charge in [0.25, 0.3) is 11.8 Å². The molecule has 0 fully saturated rings. The fraction of sp³-hybridized carbons (Fsp3) is 0.231. The van der Waals surface area contributed by atoms with Crippen LogP contribution in [-0.4, -0.2) is 25.0 Å². The van der Waals surface area contributed by atoms with E-state index in [-0.39, 0.29) is 18.1 Å². The zero-order chi connectivity index (χ0) is 13.4. The number of benzene rings is 1. The van der Waals surface area contributed by atoms with E-state index in [2.05, 4.69) is 11.9 Å². The van der Waals surface area contributed by atoms with Crippen molar-refractivity contribution in [2.24, 2.45) is 5.73 Å². The van der Waals surface area contributed by atoms with Gasteiger partial charge in [0, 0.05) is 6.54 Å². The third-order valence-electron chi connectivity index (χ3n) is 2.18. The van der Waals surface area contributed by atoms with Crippen molar-refractivity contribution in [2.45, 2.75) is 6.42 Å². The summed E-state index contributed by atoms with van der Waals surface area (Å²) in [7, 11) is 0. The maximum atomic E-state index is 11.4. The van der Waals surface area contributed by atoms with Gasteiger partial charge < -0.3 is 15.8 Å². The van der Waals surface area contributed by atoms with Crippen molar-refractivity contribution < 1.29 is 14.3 Å². The maximum Gasteiger partial charge on any atom is 0.257 e. The summed E-state index contributed by atoms with van der Waals surface area (Å²) in [6.07, 6.45) is 2.41. The summed E-state index contributed by atoms with van der Waals surface area (Å²) in [5, 5.41) is 2.65. The highest BCUT2D eigenvalue weighted by Gasteiger charge is 2.09. The fourth-order valence-electron chi connectivity index (χ4n) is 1.30. The second kappa shape index (κ2) is 7.11. The largest absolute Gasteiger partial charge is 0.483 e. The molecule has 0 radical (unpaired) electrons. The van der Waals surface area contributed by atoms with E-state index in [4.69, 9.17) is 10.5 Å². The van der Waals surface area contributed by atoms with E-state index in [9.17, 15) is 9.59 Å². The summed E-state index contributed by atoms with van der Waals surface area (Å²) in [5.74, 6) is -0.530. The van der Waals surface area contributed by atoms with Crippen LogP contribution in [0.15, 0.2) is 36.9 Å².